The summed E-state index contributed by atoms with van der Waals surface area (Å²) in [4.78, 5) is 18.8. The van der Waals surface area contributed by atoms with Crippen LogP contribution in [0.1, 0.15) is 45.1 Å². The van der Waals surface area contributed by atoms with Crippen molar-refractivity contribution in [2.75, 3.05) is 32.1 Å². The number of nitrogens with zero attached hydrogens (tertiary/aromatic N) is 3. The molecular weight excluding hydrogens is 420 g/mol. The Kier molecular flexibility index (Phi) is 8.43. The van der Waals surface area contributed by atoms with Gasteiger partial charge in [-0.15, -0.1) is 0 Å². The first kappa shape index (κ1) is 24.3. The molecule has 0 fully saturated rings. The van der Waals surface area contributed by atoms with Crippen LogP contribution in [-0.2, 0) is 11.3 Å². The second-order valence-electron chi connectivity index (χ2n) is 8.04. The van der Waals surface area contributed by atoms with Gasteiger partial charge in [0.1, 0.15) is 0 Å². The highest BCUT2D eigenvalue weighted by Crippen LogP contribution is 2.30. The van der Waals surface area contributed by atoms with Crippen LogP contribution < -0.4 is 14.8 Å². The van der Waals surface area contributed by atoms with Crippen LogP contribution in [-0.4, -0.2) is 47.8 Å². The van der Waals surface area contributed by atoms with Crippen molar-refractivity contribution in [3.63, 3.8) is 0 Å². The molecule has 1 aromatic heterocycles. The van der Waals surface area contributed by atoms with E-state index in [-0.39, 0.29) is 12.5 Å². The molecule has 1 N–H and O–H groups in total. The Morgan fingerprint density at radius 3 is 2.42 bits per heavy atom. The lowest BCUT2D eigenvalue weighted by molar-refractivity contribution is -0.117. The molecule has 0 aliphatic heterocycles. The number of hydrogen-bond acceptors (Lipinski definition) is 7. The summed E-state index contributed by atoms with van der Waals surface area (Å²) in [6, 6.07) is 13.5. The minimum absolute atomic E-state index is 0.159. The van der Waals surface area contributed by atoms with Crippen LogP contribution in [0, 0.1) is 0 Å². The Bertz CT molecular complexity index is 1050. The van der Waals surface area contributed by atoms with Gasteiger partial charge in [-0.05, 0) is 44.5 Å². The third-order valence-corrected chi connectivity index (χ3v) is 4.95. The van der Waals surface area contributed by atoms with E-state index in [1.807, 2.05) is 37.9 Å². The van der Waals surface area contributed by atoms with Crippen molar-refractivity contribution in [1.29, 1.82) is 0 Å². The first-order chi connectivity index (χ1) is 15.9. The third kappa shape index (κ3) is 6.79. The van der Waals surface area contributed by atoms with E-state index in [9.17, 15) is 4.79 Å². The molecule has 0 bridgehead atoms. The number of carbonyl (C=O) groups excluding carboxylic acids is 1. The number of nitrogens with one attached hydrogen (secondary N) is 1. The summed E-state index contributed by atoms with van der Waals surface area (Å²) in [5, 5.41) is 6.96. The molecule has 3 rings (SSSR count). The van der Waals surface area contributed by atoms with Crippen LogP contribution in [0.4, 0.5) is 5.69 Å². The molecule has 8 nitrogen and oxygen atoms in total. The van der Waals surface area contributed by atoms with E-state index in [0.717, 1.165) is 5.56 Å². The van der Waals surface area contributed by atoms with Crippen molar-refractivity contribution < 1.29 is 18.8 Å². The van der Waals surface area contributed by atoms with Crippen LogP contribution in [0.2, 0.25) is 0 Å². The molecule has 0 radical (unpaired) electrons. The number of hydrogen-bond donors (Lipinski definition) is 1. The van der Waals surface area contributed by atoms with Gasteiger partial charge in [0.25, 0.3) is 0 Å². The Morgan fingerprint density at radius 2 is 1.76 bits per heavy atom. The van der Waals surface area contributed by atoms with Crippen LogP contribution in [0.3, 0.4) is 0 Å². The van der Waals surface area contributed by atoms with Crippen molar-refractivity contribution >= 4 is 11.6 Å². The van der Waals surface area contributed by atoms with Gasteiger partial charge in [0.05, 0.1) is 26.3 Å². The molecule has 8 heteroatoms. The smallest absolute Gasteiger partial charge is 0.241 e. The molecule has 0 atom stereocenters. The predicted octanol–water partition coefficient (Wildman–Crippen LogP) is 4.73. The molecule has 1 heterocycles. The topological polar surface area (TPSA) is 89.7 Å². The molecule has 3 aromatic rings. The highest BCUT2D eigenvalue weighted by Gasteiger charge is 2.14. The van der Waals surface area contributed by atoms with E-state index in [1.165, 1.54) is 5.56 Å². The second kappa shape index (κ2) is 11.5. The van der Waals surface area contributed by atoms with Crippen molar-refractivity contribution in [3.8, 4) is 22.9 Å². The Morgan fingerprint density at radius 1 is 1.06 bits per heavy atom. The third-order valence-electron chi connectivity index (χ3n) is 4.95. The monoisotopic (exact) mass is 452 g/mol. The zero-order chi connectivity index (χ0) is 23.8. The Labute approximate surface area is 194 Å². The second-order valence-corrected chi connectivity index (χ2v) is 8.04. The number of carbonyl (C=O) groups is 1. The predicted molar refractivity (Wildman–Crippen MR) is 128 cm³/mol. The van der Waals surface area contributed by atoms with Crippen LogP contribution in [0.15, 0.2) is 47.0 Å². The van der Waals surface area contributed by atoms with Gasteiger partial charge in [0, 0.05) is 17.3 Å². The number of amides is 1. The standard InChI is InChI=1S/C25H32N4O4/c1-6-31-21-13-12-20(14-22(21)32-7-2)26-23(30)15-29(5)16-24-27-25(28-33-24)19-10-8-18(9-11-19)17(3)4/h8-14,17H,6-7,15-16H2,1-5H3,(H,26,30). The van der Waals surface area contributed by atoms with E-state index in [2.05, 4.69) is 41.4 Å². The highest BCUT2D eigenvalue weighted by atomic mass is 16.5. The number of anilines is 1. The molecule has 0 aliphatic rings. The van der Waals surface area contributed by atoms with Crippen LogP contribution in [0.25, 0.3) is 11.4 Å². The maximum absolute atomic E-state index is 12.5. The highest BCUT2D eigenvalue weighted by molar-refractivity contribution is 5.92. The molecule has 2 aromatic carbocycles. The summed E-state index contributed by atoms with van der Waals surface area (Å²) in [7, 11) is 1.82. The van der Waals surface area contributed by atoms with E-state index in [0.29, 0.717) is 54.6 Å². The number of likely N-dealkylation sites (N-methyl/N-ethyl adjacent to an activating group) is 1. The molecule has 0 spiro atoms. The summed E-state index contributed by atoms with van der Waals surface area (Å²) in [5.74, 6) is 2.55. The van der Waals surface area contributed by atoms with Gasteiger partial charge >= 0.3 is 0 Å². The average molecular weight is 453 g/mol. The lowest BCUT2D eigenvalue weighted by atomic mass is 10.0. The first-order valence-corrected chi connectivity index (χ1v) is 11.2. The van der Waals surface area contributed by atoms with Gasteiger partial charge in [0.2, 0.25) is 17.6 Å². The quantitative estimate of drug-likeness (QED) is 0.450. The summed E-state index contributed by atoms with van der Waals surface area (Å²) < 4.78 is 16.6. The summed E-state index contributed by atoms with van der Waals surface area (Å²) in [5.41, 5.74) is 2.80. The van der Waals surface area contributed by atoms with Crippen LogP contribution in [0.5, 0.6) is 11.5 Å². The summed E-state index contributed by atoms with van der Waals surface area (Å²) in [6.07, 6.45) is 0. The fourth-order valence-corrected chi connectivity index (χ4v) is 3.31. The maximum Gasteiger partial charge on any atom is 0.241 e. The van der Waals surface area contributed by atoms with E-state index in [4.69, 9.17) is 14.0 Å². The van der Waals surface area contributed by atoms with Crippen molar-refractivity contribution in [2.45, 2.75) is 40.2 Å². The summed E-state index contributed by atoms with van der Waals surface area (Å²) in [6.45, 7) is 9.69. The zero-order valence-electron chi connectivity index (χ0n) is 19.9. The molecule has 0 unspecified atom stereocenters. The SMILES string of the molecule is CCOc1ccc(NC(=O)CN(C)Cc2nc(-c3ccc(C(C)C)cc3)no2)cc1OCC. The average Bonchev–Trinajstić information content (AvgIpc) is 3.24. The van der Waals surface area contributed by atoms with E-state index in [1.54, 1.807) is 18.2 Å². The van der Waals surface area contributed by atoms with Crippen molar-refractivity contribution in [3.05, 3.63) is 53.9 Å². The molecule has 1 amide bonds. The lowest BCUT2D eigenvalue weighted by Gasteiger charge is -2.15. The molecule has 0 aliphatic carbocycles. The maximum atomic E-state index is 12.5. The van der Waals surface area contributed by atoms with Gasteiger partial charge in [-0.2, -0.15) is 4.98 Å². The van der Waals surface area contributed by atoms with Gasteiger partial charge < -0.3 is 19.3 Å². The number of aromatic nitrogens is 2. The lowest BCUT2D eigenvalue weighted by Crippen LogP contribution is -2.29. The molecule has 0 saturated heterocycles. The minimum Gasteiger partial charge on any atom is -0.490 e. The van der Waals surface area contributed by atoms with Gasteiger partial charge in [-0.3, -0.25) is 9.69 Å². The van der Waals surface area contributed by atoms with Gasteiger partial charge in [-0.25, -0.2) is 0 Å². The minimum atomic E-state index is -0.159. The fourth-order valence-electron chi connectivity index (χ4n) is 3.31. The van der Waals surface area contributed by atoms with Crippen molar-refractivity contribution in [2.24, 2.45) is 0 Å². The fraction of sp³-hybridized carbons (Fsp3) is 0.400. The first-order valence-electron chi connectivity index (χ1n) is 11.2. The van der Waals surface area contributed by atoms with E-state index < -0.39 is 0 Å². The molecule has 176 valence electrons. The van der Waals surface area contributed by atoms with Crippen LogP contribution >= 0.6 is 0 Å². The number of rotatable bonds is 11. The number of benzene rings is 2. The molecule has 0 saturated carbocycles. The normalized spacial score (nSPS) is 11.1. The Balaban J connectivity index is 1.56. The van der Waals surface area contributed by atoms with E-state index >= 15 is 0 Å². The Hall–Kier alpha value is -3.39. The number of ether oxygens (including phenoxy) is 2. The summed E-state index contributed by atoms with van der Waals surface area (Å²) >= 11 is 0. The van der Waals surface area contributed by atoms with Gasteiger partial charge in [-0.1, -0.05) is 43.3 Å². The van der Waals surface area contributed by atoms with Gasteiger partial charge in [0.15, 0.2) is 11.5 Å². The van der Waals surface area contributed by atoms with Crippen molar-refractivity contribution in [1.82, 2.24) is 15.0 Å². The molecular formula is C25H32N4O4. The largest absolute Gasteiger partial charge is 0.490 e. The zero-order valence-corrected chi connectivity index (χ0v) is 19.9. The molecule has 33 heavy (non-hydrogen) atoms.